The number of hydrogen-bond acceptors (Lipinski definition) is 1. The van der Waals surface area contributed by atoms with Crippen molar-refractivity contribution in [3.05, 3.63) is 337 Å². The molecule has 0 N–H and O–H groups in total. The molecule has 1 aromatic heterocycles. The average Bonchev–Trinajstić information content (AvgIpc) is 4.24. The van der Waals surface area contributed by atoms with Gasteiger partial charge < -0.3 is 4.42 Å². The minimum Gasteiger partial charge on any atom is -0.456 e. The molecule has 380 valence electrons. The lowest BCUT2D eigenvalue weighted by molar-refractivity contribution is 0.668. The van der Waals surface area contributed by atoms with E-state index >= 15 is 0 Å². The monoisotopic (exact) mass is 1030 g/mol. The van der Waals surface area contributed by atoms with Crippen molar-refractivity contribution >= 4 is 21.9 Å². The van der Waals surface area contributed by atoms with Crippen molar-refractivity contribution in [3.63, 3.8) is 0 Å². The molecule has 14 aromatic rings. The van der Waals surface area contributed by atoms with Crippen molar-refractivity contribution in [3.8, 4) is 100 Å². The molecule has 0 saturated carbocycles. The molecule has 0 unspecified atom stereocenters. The summed E-state index contributed by atoms with van der Waals surface area (Å²) in [6, 6.07) is 114. The highest BCUT2D eigenvalue weighted by Crippen LogP contribution is 2.59. The molecule has 0 spiro atoms. The molecular weight excluding hydrogens is 977 g/mol. The van der Waals surface area contributed by atoms with Gasteiger partial charge in [-0.3, -0.25) is 0 Å². The smallest absolute Gasteiger partial charge is 0.136 e. The van der Waals surface area contributed by atoms with E-state index in [0.29, 0.717) is 0 Å². The number of fused-ring (bicyclic) bond motifs is 7. The van der Waals surface area contributed by atoms with Gasteiger partial charge in [-0.05, 0) is 202 Å². The summed E-state index contributed by atoms with van der Waals surface area (Å²) in [5.41, 5.74) is 28.6. The van der Waals surface area contributed by atoms with Crippen LogP contribution in [0.2, 0.25) is 0 Å². The molecule has 0 amide bonds. The van der Waals surface area contributed by atoms with Crippen LogP contribution in [-0.2, 0) is 5.41 Å². The normalized spacial score (nSPS) is 12.4. The van der Waals surface area contributed by atoms with Crippen LogP contribution in [0.25, 0.3) is 122 Å². The van der Waals surface area contributed by atoms with Crippen LogP contribution in [0.4, 0.5) is 0 Å². The molecular formula is C80H54O. The number of hydrogen-bond donors (Lipinski definition) is 0. The lowest BCUT2D eigenvalue weighted by atomic mass is 9.67. The lowest BCUT2D eigenvalue weighted by Crippen LogP contribution is -2.28. The second-order valence-corrected chi connectivity index (χ2v) is 21.6. The van der Waals surface area contributed by atoms with Gasteiger partial charge in [0.15, 0.2) is 0 Å². The Labute approximate surface area is 473 Å². The third-order valence-electron chi connectivity index (χ3n) is 16.7. The third-order valence-corrected chi connectivity index (χ3v) is 16.7. The fraction of sp³-hybridized carbons (Fsp3) is 0.0250. The zero-order valence-corrected chi connectivity index (χ0v) is 44.9. The maximum atomic E-state index is 6.68. The molecule has 13 aromatic carbocycles. The van der Waals surface area contributed by atoms with Crippen molar-refractivity contribution in [1.29, 1.82) is 0 Å². The first-order valence-electron chi connectivity index (χ1n) is 28.0. The van der Waals surface area contributed by atoms with E-state index in [2.05, 4.69) is 316 Å². The van der Waals surface area contributed by atoms with Crippen LogP contribution in [0.15, 0.2) is 314 Å². The van der Waals surface area contributed by atoms with Crippen LogP contribution in [0, 0.1) is 6.92 Å². The minimum absolute atomic E-state index is 0.713. The van der Waals surface area contributed by atoms with Crippen molar-refractivity contribution < 1.29 is 4.42 Å². The van der Waals surface area contributed by atoms with E-state index in [-0.39, 0.29) is 0 Å². The van der Waals surface area contributed by atoms with Crippen LogP contribution >= 0.6 is 0 Å². The molecule has 1 heteroatoms. The number of para-hydroxylation sites is 1. The topological polar surface area (TPSA) is 13.1 Å². The van der Waals surface area contributed by atoms with Gasteiger partial charge >= 0.3 is 0 Å². The van der Waals surface area contributed by atoms with E-state index in [9.17, 15) is 0 Å². The molecule has 0 bridgehead atoms. The SMILES string of the molecule is Cc1ccc2c(c1)-c1c(ccc3oc4ccccc4c13)C2(c1cccc(-c2cccc(-c3cc(-c4ccccc4)cc(-c4ccccc4)c3)c2)c1)c1cccc(-c2cccc(-c3cc(-c4ccccc4)cc(-c4ccccc4)c3)c2)c1. The van der Waals surface area contributed by atoms with Crippen LogP contribution < -0.4 is 0 Å². The molecule has 0 fully saturated rings. The molecule has 0 saturated heterocycles. The zero-order chi connectivity index (χ0) is 53.9. The molecule has 1 nitrogen and oxygen atoms in total. The van der Waals surface area contributed by atoms with E-state index in [1.54, 1.807) is 0 Å². The van der Waals surface area contributed by atoms with E-state index < -0.39 is 5.41 Å². The fourth-order valence-electron chi connectivity index (χ4n) is 12.9. The number of furan rings is 1. The van der Waals surface area contributed by atoms with Gasteiger partial charge in [-0.15, -0.1) is 0 Å². The first-order chi connectivity index (χ1) is 40.0. The molecule has 1 aliphatic carbocycles. The van der Waals surface area contributed by atoms with Crippen molar-refractivity contribution in [2.75, 3.05) is 0 Å². The predicted octanol–water partition coefficient (Wildman–Crippen LogP) is 21.6. The first kappa shape index (κ1) is 47.8. The summed E-state index contributed by atoms with van der Waals surface area (Å²) in [4.78, 5) is 0. The maximum absolute atomic E-state index is 6.68. The van der Waals surface area contributed by atoms with Gasteiger partial charge in [0.25, 0.3) is 0 Å². The Morgan fingerprint density at radius 2 is 0.593 bits per heavy atom. The number of rotatable bonds is 10. The molecule has 1 heterocycles. The van der Waals surface area contributed by atoms with Crippen LogP contribution in [0.3, 0.4) is 0 Å². The van der Waals surface area contributed by atoms with E-state index in [1.807, 2.05) is 0 Å². The number of benzene rings is 13. The first-order valence-corrected chi connectivity index (χ1v) is 28.0. The summed E-state index contributed by atoms with van der Waals surface area (Å²) in [5, 5.41) is 2.28. The molecule has 0 aliphatic heterocycles. The van der Waals surface area contributed by atoms with Crippen LogP contribution in [-0.4, -0.2) is 0 Å². The van der Waals surface area contributed by atoms with Crippen molar-refractivity contribution in [1.82, 2.24) is 0 Å². The third kappa shape index (κ3) is 8.42. The minimum atomic E-state index is -0.713. The van der Waals surface area contributed by atoms with Gasteiger partial charge in [0.05, 0.1) is 5.41 Å². The molecule has 0 radical (unpaired) electrons. The summed E-state index contributed by atoms with van der Waals surface area (Å²) in [5.74, 6) is 0. The van der Waals surface area contributed by atoms with Gasteiger partial charge in [-0.25, -0.2) is 0 Å². The second-order valence-electron chi connectivity index (χ2n) is 21.6. The van der Waals surface area contributed by atoms with Gasteiger partial charge in [0.1, 0.15) is 11.2 Å². The van der Waals surface area contributed by atoms with Crippen molar-refractivity contribution in [2.45, 2.75) is 12.3 Å². The number of aryl methyl sites for hydroxylation is 1. The quantitative estimate of drug-likeness (QED) is 0.133. The van der Waals surface area contributed by atoms with Crippen LogP contribution in [0.5, 0.6) is 0 Å². The van der Waals surface area contributed by atoms with Gasteiger partial charge in [-0.2, -0.15) is 0 Å². The summed E-state index contributed by atoms with van der Waals surface area (Å²) < 4.78 is 6.68. The molecule has 15 rings (SSSR count). The summed E-state index contributed by atoms with van der Waals surface area (Å²) >= 11 is 0. The largest absolute Gasteiger partial charge is 0.456 e. The predicted molar refractivity (Wildman–Crippen MR) is 339 cm³/mol. The molecule has 0 atom stereocenters. The van der Waals surface area contributed by atoms with Gasteiger partial charge in [-0.1, -0.05) is 242 Å². The van der Waals surface area contributed by atoms with Gasteiger partial charge in [0, 0.05) is 10.8 Å². The Kier molecular flexibility index (Phi) is 11.7. The lowest BCUT2D eigenvalue weighted by Gasteiger charge is -2.34. The Balaban J connectivity index is 0.913. The van der Waals surface area contributed by atoms with E-state index in [4.69, 9.17) is 4.42 Å². The summed E-state index contributed by atoms with van der Waals surface area (Å²) in [6.07, 6.45) is 0. The Morgan fingerprint density at radius 3 is 1.05 bits per heavy atom. The zero-order valence-electron chi connectivity index (χ0n) is 44.9. The van der Waals surface area contributed by atoms with E-state index in [0.717, 1.165) is 44.2 Å². The highest BCUT2D eigenvalue weighted by molar-refractivity contribution is 6.15. The average molecular weight is 1030 g/mol. The van der Waals surface area contributed by atoms with Gasteiger partial charge in [0.2, 0.25) is 0 Å². The standard InChI is InChI=1S/C80H54O/c1-53-38-39-74-73(42-53)78-75(40-41-77-79(78)72-36-14-15-37-76(72)81-77)80(74,70-34-18-32-62(51-70)58-28-16-30-60(43-58)68-47-64(54-20-6-2-7-21-54)45-65(48-68)55-22-8-3-9-23-55)71-35-19-33-63(52-71)59-29-17-31-61(44-59)69-49-66(56-24-10-4-11-25-56)46-67(50-69)57-26-12-5-13-27-57/h2-52H,1H3. The Bertz CT molecular complexity index is 4350. The fourth-order valence-corrected chi connectivity index (χ4v) is 12.9. The van der Waals surface area contributed by atoms with Crippen molar-refractivity contribution in [2.24, 2.45) is 0 Å². The second kappa shape index (κ2) is 19.8. The Morgan fingerprint density at radius 1 is 0.247 bits per heavy atom. The molecule has 81 heavy (non-hydrogen) atoms. The molecule has 1 aliphatic rings. The maximum Gasteiger partial charge on any atom is 0.136 e. The highest BCUT2D eigenvalue weighted by Gasteiger charge is 2.47. The summed E-state index contributed by atoms with van der Waals surface area (Å²) in [6.45, 7) is 2.21. The van der Waals surface area contributed by atoms with E-state index in [1.165, 1.54) is 106 Å². The summed E-state index contributed by atoms with van der Waals surface area (Å²) in [7, 11) is 0. The van der Waals surface area contributed by atoms with Crippen LogP contribution in [0.1, 0.15) is 27.8 Å². The Hall–Kier alpha value is -10.3. The highest BCUT2D eigenvalue weighted by atomic mass is 16.3.